The summed E-state index contributed by atoms with van der Waals surface area (Å²) in [6.45, 7) is 4.53. The Morgan fingerprint density at radius 1 is 1.00 bits per heavy atom. The van der Waals surface area contributed by atoms with Crippen LogP contribution in [-0.2, 0) is 21.3 Å². The van der Waals surface area contributed by atoms with Gasteiger partial charge in [0.25, 0.3) is 5.91 Å². The van der Waals surface area contributed by atoms with E-state index >= 15 is 0 Å². The van der Waals surface area contributed by atoms with Gasteiger partial charge in [-0.1, -0.05) is 24.2 Å². The van der Waals surface area contributed by atoms with Crippen LogP contribution in [0.4, 0.5) is 0 Å². The standard InChI is InChI=1S/C26H33N3O6S2/c1-4-35-16-15-29-21-17-22(33-2)23(34-3)18-24(21)36-26(29)27-25(30)19-9-11-20(12-10-19)37(31,32)28-13-7-5-6-8-14-28/h9-12,17-18H,4-8,13-16H2,1-3H3. The van der Waals surface area contributed by atoms with Crippen LogP contribution in [0.2, 0.25) is 0 Å². The monoisotopic (exact) mass is 547 g/mol. The van der Waals surface area contributed by atoms with Gasteiger partial charge in [-0.15, -0.1) is 0 Å². The molecule has 1 amide bonds. The van der Waals surface area contributed by atoms with E-state index in [2.05, 4.69) is 4.99 Å². The zero-order valence-electron chi connectivity index (χ0n) is 21.4. The largest absolute Gasteiger partial charge is 0.493 e. The molecule has 0 N–H and O–H groups in total. The van der Waals surface area contributed by atoms with Crippen LogP contribution in [-0.4, -0.2) is 63.7 Å². The van der Waals surface area contributed by atoms with Crippen LogP contribution in [0.25, 0.3) is 10.2 Å². The molecule has 0 saturated carbocycles. The van der Waals surface area contributed by atoms with Gasteiger partial charge in [-0.05, 0) is 44.0 Å². The molecule has 1 aliphatic heterocycles. The number of hydrogen-bond acceptors (Lipinski definition) is 7. The van der Waals surface area contributed by atoms with Crippen molar-refractivity contribution in [1.29, 1.82) is 0 Å². The first-order chi connectivity index (χ1) is 17.9. The van der Waals surface area contributed by atoms with Crippen LogP contribution < -0.4 is 14.3 Å². The Morgan fingerprint density at radius 3 is 2.27 bits per heavy atom. The molecule has 4 rings (SSSR count). The molecular weight excluding hydrogens is 514 g/mol. The van der Waals surface area contributed by atoms with Crippen molar-refractivity contribution >= 4 is 37.5 Å². The summed E-state index contributed by atoms with van der Waals surface area (Å²) >= 11 is 1.36. The third-order valence-corrected chi connectivity index (χ3v) is 9.31. The quantitative estimate of drug-likeness (QED) is 0.375. The molecule has 11 heteroatoms. The van der Waals surface area contributed by atoms with Crippen LogP contribution in [0.5, 0.6) is 11.5 Å². The van der Waals surface area contributed by atoms with E-state index in [4.69, 9.17) is 14.2 Å². The normalized spacial score (nSPS) is 15.6. The second kappa shape index (κ2) is 12.2. The minimum atomic E-state index is -3.59. The zero-order chi connectivity index (χ0) is 26.4. The van der Waals surface area contributed by atoms with Crippen LogP contribution in [0, 0.1) is 0 Å². The third-order valence-electron chi connectivity index (χ3n) is 6.35. The molecule has 1 aromatic heterocycles. The molecule has 0 bridgehead atoms. The van der Waals surface area contributed by atoms with Crippen molar-refractivity contribution in [3.8, 4) is 11.5 Å². The SMILES string of the molecule is CCOCCn1c(=NC(=O)c2ccc(S(=O)(=O)N3CCCCCC3)cc2)sc2cc(OC)c(OC)cc21. The van der Waals surface area contributed by atoms with E-state index < -0.39 is 15.9 Å². The van der Waals surface area contributed by atoms with Crippen LogP contribution in [0.3, 0.4) is 0 Å². The second-order valence-electron chi connectivity index (χ2n) is 8.67. The summed E-state index contributed by atoms with van der Waals surface area (Å²) in [6, 6.07) is 9.77. The van der Waals surface area contributed by atoms with Crippen molar-refractivity contribution < 1.29 is 27.4 Å². The van der Waals surface area contributed by atoms with Gasteiger partial charge < -0.3 is 18.8 Å². The van der Waals surface area contributed by atoms with E-state index in [1.165, 1.54) is 35.6 Å². The Hall–Kier alpha value is -2.73. The van der Waals surface area contributed by atoms with E-state index in [1.807, 2.05) is 23.6 Å². The van der Waals surface area contributed by atoms with Gasteiger partial charge in [-0.2, -0.15) is 9.30 Å². The number of ether oxygens (including phenoxy) is 3. The van der Waals surface area contributed by atoms with Crippen LogP contribution >= 0.6 is 11.3 Å². The lowest BCUT2D eigenvalue weighted by Gasteiger charge is -2.19. The number of benzene rings is 2. The number of sulfonamides is 1. The minimum absolute atomic E-state index is 0.193. The lowest BCUT2D eigenvalue weighted by molar-refractivity contribution is 0.0996. The number of fused-ring (bicyclic) bond motifs is 1. The summed E-state index contributed by atoms with van der Waals surface area (Å²) in [4.78, 5) is 18.2. The number of thiazole rings is 1. The summed E-state index contributed by atoms with van der Waals surface area (Å²) in [5.74, 6) is 0.721. The molecule has 0 unspecified atom stereocenters. The molecule has 2 aromatic carbocycles. The number of amides is 1. The van der Waals surface area contributed by atoms with Gasteiger partial charge in [0, 0.05) is 43.9 Å². The molecule has 1 saturated heterocycles. The van der Waals surface area contributed by atoms with Crippen molar-refractivity contribution in [2.45, 2.75) is 44.0 Å². The molecule has 0 atom stereocenters. The van der Waals surface area contributed by atoms with Crippen molar-refractivity contribution in [3.63, 3.8) is 0 Å². The number of hydrogen-bond donors (Lipinski definition) is 0. The molecule has 1 fully saturated rings. The summed E-state index contributed by atoms with van der Waals surface area (Å²) in [6.07, 6.45) is 3.82. The van der Waals surface area contributed by atoms with Crippen LogP contribution in [0.15, 0.2) is 46.3 Å². The summed E-state index contributed by atoms with van der Waals surface area (Å²) < 4.78 is 46.9. The number of carbonyl (C=O) groups excluding carboxylic acids is 1. The van der Waals surface area contributed by atoms with Gasteiger partial charge in [0.2, 0.25) is 10.0 Å². The van der Waals surface area contributed by atoms with Gasteiger partial charge >= 0.3 is 0 Å². The van der Waals surface area contributed by atoms with E-state index in [-0.39, 0.29) is 4.90 Å². The fourth-order valence-electron chi connectivity index (χ4n) is 4.35. The molecule has 9 nitrogen and oxygen atoms in total. The molecule has 37 heavy (non-hydrogen) atoms. The lowest BCUT2D eigenvalue weighted by atomic mass is 10.2. The smallest absolute Gasteiger partial charge is 0.279 e. The fourth-order valence-corrected chi connectivity index (χ4v) is 6.93. The molecule has 1 aliphatic rings. The Bertz CT molecular complexity index is 1400. The average molecular weight is 548 g/mol. The van der Waals surface area contributed by atoms with Gasteiger partial charge in [-0.25, -0.2) is 8.42 Å². The number of nitrogens with zero attached hydrogens (tertiary/aromatic N) is 3. The highest BCUT2D eigenvalue weighted by atomic mass is 32.2. The third kappa shape index (κ3) is 6.06. The topological polar surface area (TPSA) is 99.4 Å². The van der Waals surface area contributed by atoms with Crippen LogP contribution in [0.1, 0.15) is 43.0 Å². The Morgan fingerprint density at radius 2 is 1.65 bits per heavy atom. The lowest BCUT2D eigenvalue weighted by Crippen LogP contribution is -2.31. The Balaban J connectivity index is 1.67. The predicted octanol–water partition coefficient (Wildman–Crippen LogP) is 4.06. The Labute approximate surface area is 221 Å². The predicted molar refractivity (Wildman–Crippen MR) is 143 cm³/mol. The Kier molecular flexibility index (Phi) is 9.01. The zero-order valence-corrected chi connectivity index (χ0v) is 23.1. The summed E-state index contributed by atoms with van der Waals surface area (Å²) in [7, 11) is -0.434. The highest BCUT2D eigenvalue weighted by molar-refractivity contribution is 7.89. The van der Waals surface area contributed by atoms with Crippen molar-refractivity contribution in [1.82, 2.24) is 8.87 Å². The first kappa shape index (κ1) is 27.3. The first-order valence-electron chi connectivity index (χ1n) is 12.4. The first-order valence-corrected chi connectivity index (χ1v) is 14.7. The highest BCUT2D eigenvalue weighted by Crippen LogP contribution is 2.33. The maximum absolute atomic E-state index is 13.1. The molecule has 3 aromatic rings. The number of aromatic nitrogens is 1. The van der Waals surface area contributed by atoms with Crippen molar-refractivity contribution in [3.05, 3.63) is 46.8 Å². The number of rotatable bonds is 9. The van der Waals surface area contributed by atoms with Gasteiger partial charge in [0.1, 0.15) is 0 Å². The van der Waals surface area contributed by atoms with Crippen molar-refractivity contribution in [2.75, 3.05) is 40.5 Å². The van der Waals surface area contributed by atoms with Gasteiger partial charge in [-0.3, -0.25) is 4.79 Å². The summed E-state index contributed by atoms with van der Waals surface area (Å²) in [5, 5.41) is 0. The summed E-state index contributed by atoms with van der Waals surface area (Å²) in [5.41, 5.74) is 1.17. The second-order valence-corrected chi connectivity index (χ2v) is 11.6. The van der Waals surface area contributed by atoms with E-state index in [0.29, 0.717) is 54.7 Å². The molecule has 0 spiro atoms. The van der Waals surface area contributed by atoms with E-state index in [0.717, 1.165) is 35.9 Å². The van der Waals surface area contributed by atoms with Crippen molar-refractivity contribution in [2.24, 2.45) is 4.99 Å². The van der Waals surface area contributed by atoms with E-state index in [9.17, 15) is 13.2 Å². The number of carbonyl (C=O) groups is 1. The average Bonchev–Trinajstić information content (AvgIpc) is 3.06. The minimum Gasteiger partial charge on any atom is -0.493 e. The molecule has 0 aliphatic carbocycles. The fraction of sp³-hybridized carbons (Fsp3) is 0.462. The van der Waals surface area contributed by atoms with Gasteiger partial charge in [0.05, 0.1) is 35.9 Å². The molecule has 2 heterocycles. The maximum Gasteiger partial charge on any atom is 0.279 e. The van der Waals surface area contributed by atoms with Gasteiger partial charge in [0.15, 0.2) is 16.3 Å². The molecule has 200 valence electrons. The molecular formula is C26H33N3O6S2. The highest BCUT2D eigenvalue weighted by Gasteiger charge is 2.25. The number of methoxy groups -OCH3 is 2. The molecule has 0 radical (unpaired) electrons. The van der Waals surface area contributed by atoms with E-state index in [1.54, 1.807) is 18.5 Å². The maximum atomic E-state index is 13.1.